The lowest BCUT2D eigenvalue weighted by atomic mass is 10.2. The molecule has 2 aromatic heterocycles. The van der Waals surface area contributed by atoms with Crippen LogP contribution in [0.4, 0.5) is 5.13 Å². The minimum Gasteiger partial charge on any atom is -0.388 e. The van der Waals surface area contributed by atoms with Crippen molar-refractivity contribution < 1.29 is 5.11 Å². The summed E-state index contributed by atoms with van der Waals surface area (Å²) in [4.78, 5) is 8.62. The maximum Gasteiger partial charge on any atom is 0.184 e. The van der Waals surface area contributed by atoms with Crippen LogP contribution >= 0.6 is 11.3 Å². The summed E-state index contributed by atoms with van der Waals surface area (Å²) < 4.78 is 1.19. The molecule has 0 aliphatic rings. The van der Waals surface area contributed by atoms with Crippen LogP contribution in [0.5, 0.6) is 0 Å². The zero-order chi connectivity index (χ0) is 13.2. The first-order valence-electron chi connectivity index (χ1n) is 5.87. The number of aromatic nitrogens is 4. The standard InChI is InChI=1S/C12H13N5OS/c1-7-3-2-4-8-11(7)19-12(14-8)13-5-9-15-10(6-18)17-16-9/h2-4,18H,5-6H2,1H3,(H,13,14)(H,15,16,17). The molecule has 6 nitrogen and oxygen atoms in total. The monoisotopic (exact) mass is 275 g/mol. The molecule has 0 spiro atoms. The number of anilines is 1. The van der Waals surface area contributed by atoms with Gasteiger partial charge in [-0.15, -0.1) is 0 Å². The van der Waals surface area contributed by atoms with Crippen LogP contribution in [0, 0.1) is 6.92 Å². The minimum absolute atomic E-state index is 0.156. The Balaban J connectivity index is 1.76. The molecule has 2 heterocycles. The molecule has 98 valence electrons. The van der Waals surface area contributed by atoms with E-state index in [-0.39, 0.29) is 6.61 Å². The second-order valence-electron chi connectivity index (χ2n) is 4.15. The van der Waals surface area contributed by atoms with E-state index >= 15 is 0 Å². The third-order valence-corrected chi connectivity index (χ3v) is 3.90. The van der Waals surface area contributed by atoms with Crippen LogP contribution < -0.4 is 5.32 Å². The normalized spacial score (nSPS) is 11.1. The Morgan fingerprint density at radius 2 is 2.26 bits per heavy atom. The first-order chi connectivity index (χ1) is 9.26. The second-order valence-corrected chi connectivity index (χ2v) is 5.15. The van der Waals surface area contributed by atoms with Crippen molar-refractivity contribution in [1.82, 2.24) is 20.2 Å². The van der Waals surface area contributed by atoms with Gasteiger partial charge >= 0.3 is 0 Å². The molecule has 0 amide bonds. The summed E-state index contributed by atoms with van der Waals surface area (Å²) >= 11 is 1.62. The zero-order valence-electron chi connectivity index (χ0n) is 10.3. The lowest BCUT2D eigenvalue weighted by molar-refractivity contribution is 0.271. The van der Waals surface area contributed by atoms with Gasteiger partial charge in [-0.25, -0.2) is 9.97 Å². The number of hydrogen-bond donors (Lipinski definition) is 3. The highest BCUT2D eigenvalue weighted by molar-refractivity contribution is 7.22. The minimum atomic E-state index is -0.156. The molecule has 3 N–H and O–H groups in total. The molecule has 0 saturated heterocycles. The number of aryl methyl sites for hydroxylation is 1. The number of rotatable bonds is 4. The molecule has 0 radical (unpaired) electrons. The largest absolute Gasteiger partial charge is 0.388 e. The van der Waals surface area contributed by atoms with Gasteiger partial charge in [0.15, 0.2) is 11.0 Å². The number of aromatic amines is 1. The van der Waals surface area contributed by atoms with Crippen LogP contribution in [0.25, 0.3) is 10.2 Å². The van der Waals surface area contributed by atoms with E-state index in [0.717, 1.165) is 10.6 Å². The molecule has 7 heteroatoms. The van der Waals surface area contributed by atoms with E-state index in [1.807, 2.05) is 12.1 Å². The number of thiazole rings is 1. The average Bonchev–Trinajstić information content (AvgIpc) is 3.03. The van der Waals surface area contributed by atoms with Crippen molar-refractivity contribution in [2.45, 2.75) is 20.1 Å². The van der Waals surface area contributed by atoms with E-state index in [1.54, 1.807) is 11.3 Å². The number of nitrogens with one attached hydrogen (secondary N) is 2. The molecule has 0 atom stereocenters. The van der Waals surface area contributed by atoms with Gasteiger partial charge in [0.05, 0.1) is 16.8 Å². The van der Waals surface area contributed by atoms with Gasteiger partial charge in [-0.3, -0.25) is 5.10 Å². The predicted molar refractivity (Wildman–Crippen MR) is 74.0 cm³/mol. The Bertz CT molecular complexity index is 705. The Morgan fingerprint density at radius 3 is 3.00 bits per heavy atom. The summed E-state index contributed by atoms with van der Waals surface area (Å²) in [5, 5.41) is 19.6. The van der Waals surface area contributed by atoms with Crippen molar-refractivity contribution in [2.75, 3.05) is 5.32 Å². The summed E-state index contributed by atoms with van der Waals surface area (Å²) in [5.74, 6) is 1.08. The van der Waals surface area contributed by atoms with Gasteiger partial charge in [0.25, 0.3) is 0 Å². The van der Waals surface area contributed by atoms with Gasteiger partial charge in [-0.2, -0.15) is 5.10 Å². The highest BCUT2D eigenvalue weighted by Gasteiger charge is 2.06. The first-order valence-corrected chi connectivity index (χ1v) is 6.69. The second kappa shape index (κ2) is 4.94. The summed E-state index contributed by atoms with van der Waals surface area (Å²) in [6, 6.07) is 6.09. The number of nitrogens with zero attached hydrogens (tertiary/aromatic N) is 3. The molecular formula is C12H13N5OS. The predicted octanol–water partition coefficient (Wildman–Crippen LogP) is 1.83. The molecule has 1 aromatic carbocycles. The summed E-state index contributed by atoms with van der Waals surface area (Å²) in [6.45, 7) is 2.43. The Kier molecular flexibility index (Phi) is 3.14. The van der Waals surface area contributed by atoms with Crippen LogP contribution in [0.3, 0.4) is 0 Å². The number of aliphatic hydroxyl groups excluding tert-OH is 1. The number of hydrogen-bond acceptors (Lipinski definition) is 6. The van der Waals surface area contributed by atoms with Crippen molar-refractivity contribution in [3.63, 3.8) is 0 Å². The molecule has 0 unspecified atom stereocenters. The molecular weight excluding hydrogens is 262 g/mol. The Hall–Kier alpha value is -1.99. The van der Waals surface area contributed by atoms with Crippen molar-refractivity contribution in [3.05, 3.63) is 35.4 Å². The molecule has 0 saturated carbocycles. The third kappa shape index (κ3) is 2.42. The summed E-state index contributed by atoms with van der Waals surface area (Å²) in [6.07, 6.45) is 0. The fourth-order valence-electron chi connectivity index (χ4n) is 1.81. The molecule has 0 aliphatic carbocycles. The SMILES string of the molecule is Cc1cccc2nc(NCc3nc(CO)n[nH]3)sc12. The van der Waals surface area contributed by atoms with E-state index in [1.165, 1.54) is 10.3 Å². The average molecular weight is 275 g/mol. The molecule has 0 bridgehead atoms. The zero-order valence-corrected chi connectivity index (χ0v) is 11.2. The van der Waals surface area contributed by atoms with Gasteiger partial charge in [-0.05, 0) is 18.6 Å². The molecule has 0 aliphatic heterocycles. The van der Waals surface area contributed by atoms with Gasteiger partial charge in [0.2, 0.25) is 0 Å². The molecule has 3 aromatic rings. The van der Waals surface area contributed by atoms with Crippen molar-refractivity contribution >= 4 is 26.7 Å². The Morgan fingerprint density at radius 1 is 1.37 bits per heavy atom. The molecule has 3 rings (SSSR count). The number of fused-ring (bicyclic) bond motifs is 1. The fraction of sp³-hybridized carbons (Fsp3) is 0.250. The topological polar surface area (TPSA) is 86.7 Å². The lowest BCUT2D eigenvalue weighted by Crippen LogP contribution is -2.00. The maximum atomic E-state index is 8.89. The van der Waals surface area contributed by atoms with Gasteiger partial charge < -0.3 is 10.4 Å². The molecule has 19 heavy (non-hydrogen) atoms. The Labute approximate surface area is 113 Å². The van der Waals surface area contributed by atoms with Crippen molar-refractivity contribution in [3.8, 4) is 0 Å². The fourth-order valence-corrected chi connectivity index (χ4v) is 2.74. The lowest BCUT2D eigenvalue weighted by Gasteiger charge is -1.97. The van der Waals surface area contributed by atoms with E-state index in [4.69, 9.17) is 5.11 Å². The van der Waals surface area contributed by atoms with Gasteiger partial charge in [0.1, 0.15) is 12.4 Å². The van der Waals surface area contributed by atoms with Crippen LogP contribution in [-0.4, -0.2) is 25.3 Å². The highest BCUT2D eigenvalue weighted by Crippen LogP contribution is 2.28. The van der Waals surface area contributed by atoms with Crippen molar-refractivity contribution in [1.29, 1.82) is 0 Å². The van der Waals surface area contributed by atoms with Gasteiger partial charge in [0, 0.05) is 0 Å². The van der Waals surface area contributed by atoms with E-state index < -0.39 is 0 Å². The van der Waals surface area contributed by atoms with Crippen LogP contribution in [0.2, 0.25) is 0 Å². The van der Waals surface area contributed by atoms with E-state index in [9.17, 15) is 0 Å². The number of H-pyrrole nitrogens is 1. The first kappa shape index (κ1) is 12.1. The van der Waals surface area contributed by atoms with Gasteiger partial charge in [-0.1, -0.05) is 23.5 Å². The van der Waals surface area contributed by atoms with Crippen LogP contribution in [-0.2, 0) is 13.2 Å². The summed E-state index contributed by atoms with van der Waals surface area (Å²) in [5.41, 5.74) is 2.23. The summed E-state index contributed by atoms with van der Waals surface area (Å²) in [7, 11) is 0. The van der Waals surface area contributed by atoms with Crippen LogP contribution in [0.15, 0.2) is 18.2 Å². The number of benzene rings is 1. The van der Waals surface area contributed by atoms with E-state index in [2.05, 4.69) is 38.5 Å². The molecule has 0 fully saturated rings. The van der Waals surface area contributed by atoms with E-state index in [0.29, 0.717) is 18.2 Å². The number of aliphatic hydroxyl groups is 1. The quantitative estimate of drug-likeness (QED) is 0.676. The smallest absolute Gasteiger partial charge is 0.184 e. The van der Waals surface area contributed by atoms with Crippen LogP contribution in [0.1, 0.15) is 17.2 Å². The maximum absolute atomic E-state index is 8.89. The van der Waals surface area contributed by atoms with Crippen molar-refractivity contribution in [2.24, 2.45) is 0 Å². The highest BCUT2D eigenvalue weighted by atomic mass is 32.1. The third-order valence-electron chi connectivity index (χ3n) is 2.74.